The summed E-state index contributed by atoms with van der Waals surface area (Å²) < 4.78 is 5.21. The molecule has 1 aromatic heterocycles. The maximum absolute atomic E-state index is 5.21. The molecule has 2 aromatic rings. The lowest BCUT2D eigenvalue weighted by Gasteiger charge is -2.09. The summed E-state index contributed by atoms with van der Waals surface area (Å²) in [5, 5.41) is 7.82. The van der Waals surface area contributed by atoms with E-state index in [1.807, 2.05) is 0 Å². The van der Waals surface area contributed by atoms with Crippen LogP contribution in [0.2, 0.25) is 0 Å². The molecule has 0 radical (unpaired) electrons. The highest BCUT2D eigenvalue weighted by Gasteiger charge is 2.00. The predicted molar refractivity (Wildman–Crippen MR) is 76.9 cm³/mol. The summed E-state index contributed by atoms with van der Waals surface area (Å²) in [7, 11) is 1.74. The maximum atomic E-state index is 5.21. The van der Waals surface area contributed by atoms with Crippen LogP contribution in [0.15, 0.2) is 41.1 Å². The minimum atomic E-state index is 0.683. The third kappa shape index (κ3) is 3.95. The molecule has 1 N–H and O–H groups in total. The molecule has 0 aliphatic carbocycles. The van der Waals surface area contributed by atoms with Crippen molar-refractivity contribution in [2.45, 2.75) is 19.6 Å². The summed E-state index contributed by atoms with van der Waals surface area (Å²) in [6.45, 7) is 2.60. The third-order valence-electron chi connectivity index (χ3n) is 2.90. The Morgan fingerprint density at radius 1 is 1.17 bits per heavy atom. The van der Waals surface area contributed by atoms with E-state index in [-0.39, 0.29) is 0 Å². The van der Waals surface area contributed by atoms with E-state index in [9.17, 15) is 0 Å². The zero-order valence-electron chi connectivity index (χ0n) is 10.7. The van der Waals surface area contributed by atoms with Crippen molar-refractivity contribution in [3.63, 3.8) is 0 Å². The van der Waals surface area contributed by atoms with Crippen LogP contribution in [-0.4, -0.2) is 13.7 Å². The molecule has 0 aliphatic heterocycles. The highest BCUT2D eigenvalue weighted by molar-refractivity contribution is 7.07. The number of hydrogen-bond acceptors (Lipinski definition) is 3. The molecular weight excluding hydrogens is 242 g/mol. The standard InChI is InChI=1S/C15H19NOS/c1-17-11-15-5-3-2-4-14(15)10-16-8-6-13-7-9-18-12-13/h2-5,7,9,12,16H,6,8,10-11H2,1H3. The number of rotatable bonds is 7. The van der Waals surface area contributed by atoms with Crippen molar-refractivity contribution in [1.82, 2.24) is 5.32 Å². The third-order valence-corrected chi connectivity index (χ3v) is 3.64. The van der Waals surface area contributed by atoms with Gasteiger partial charge in [-0.1, -0.05) is 24.3 Å². The number of benzene rings is 1. The first-order valence-corrected chi connectivity index (χ1v) is 7.12. The highest BCUT2D eigenvalue weighted by atomic mass is 32.1. The summed E-state index contributed by atoms with van der Waals surface area (Å²) in [5.74, 6) is 0. The smallest absolute Gasteiger partial charge is 0.0716 e. The fraction of sp³-hybridized carbons (Fsp3) is 0.333. The molecule has 0 atom stereocenters. The molecule has 96 valence electrons. The largest absolute Gasteiger partial charge is 0.380 e. The van der Waals surface area contributed by atoms with Crippen LogP contribution in [-0.2, 0) is 24.3 Å². The molecule has 0 bridgehead atoms. The van der Waals surface area contributed by atoms with Crippen LogP contribution in [0.3, 0.4) is 0 Å². The molecule has 2 nitrogen and oxygen atoms in total. The number of thiophene rings is 1. The van der Waals surface area contributed by atoms with Gasteiger partial charge < -0.3 is 10.1 Å². The molecular formula is C15H19NOS. The molecule has 18 heavy (non-hydrogen) atoms. The Kier molecular flexibility index (Phi) is 5.39. The zero-order chi connectivity index (χ0) is 12.6. The normalized spacial score (nSPS) is 10.7. The second kappa shape index (κ2) is 7.31. The van der Waals surface area contributed by atoms with Gasteiger partial charge in [-0.3, -0.25) is 0 Å². The highest BCUT2D eigenvalue weighted by Crippen LogP contribution is 2.10. The van der Waals surface area contributed by atoms with Crippen LogP contribution in [0.4, 0.5) is 0 Å². The molecule has 0 spiro atoms. The molecule has 0 fully saturated rings. The lowest BCUT2D eigenvalue weighted by Crippen LogP contribution is -2.17. The summed E-state index contributed by atoms with van der Waals surface area (Å²) in [6, 6.07) is 10.6. The van der Waals surface area contributed by atoms with Gasteiger partial charge in [0.2, 0.25) is 0 Å². The second-order valence-corrected chi connectivity index (χ2v) is 5.04. The molecule has 0 amide bonds. The van der Waals surface area contributed by atoms with Crippen molar-refractivity contribution < 1.29 is 4.74 Å². The van der Waals surface area contributed by atoms with E-state index in [4.69, 9.17) is 4.74 Å². The Bertz CT molecular complexity index is 453. The quantitative estimate of drug-likeness (QED) is 0.773. The van der Waals surface area contributed by atoms with Gasteiger partial charge in [0.15, 0.2) is 0 Å². The molecule has 1 heterocycles. The second-order valence-electron chi connectivity index (χ2n) is 4.26. The lowest BCUT2D eigenvalue weighted by molar-refractivity contribution is 0.184. The fourth-order valence-electron chi connectivity index (χ4n) is 1.92. The van der Waals surface area contributed by atoms with E-state index < -0.39 is 0 Å². The monoisotopic (exact) mass is 261 g/mol. The number of nitrogens with one attached hydrogen (secondary N) is 1. The molecule has 0 unspecified atom stereocenters. The summed E-state index contributed by atoms with van der Waals surface area (Å²) >= 11 is 1.76. The predicted octanol–water partition coefficient (Wildman–Crippen LogP) is 3.23. The molecule has 0 saturated heterocycles. The molecule has 1 aromatic carbocycles. The Morgan fingerprint density at radius 3 is 2.72 bits per heavy atom. The van der Waals surface area contributed by atoms with Crippen LogP contribution in [0.5, 0.6) is 0 Å². The van der Waals surface area contributed by atoms with Crippen LogP contribution in [0, 0.1) is 0 Å². The molecule has 0 aliphatic rings. The van der Waals surface area contributed by atoms with Crippen molar-refractivity contribution in [1.29, 1.82) is 0 Å². The van der Waals surface area contributed by atoms with Crippen LogP contribution in [0.1, 0.15) is 16.7 Å². The van der Waals surface area contributed by atoms with Crippen LogP contribution in [0.25, 0.3) is 0 Å². The Morgan fingerprint density at radius 2 is 2.00 bits per heavy atom. The van der Waals surface area contributed by atoms with E-state index >= 15 is 0 Å². The van der Waals surface area contributed by atoms with Gasteiger partial charge in [-0.05, 0) is 46.5 Å². The van der Waals surface area contributed by atoms with Crippen molar-refractivity contribution >= 4 is 11.3 Å². The van der Waals surface area contributed by atoms with Gasteiger partial charge in [0.25, 0.3) is 0 Å². The van der Waals surface area contributed by atoms with E-state index in [2.05, 4.69) is 46.4 Å². The number of methoxy groups -OCH3 is 1. The zero-order valence-corrected chi connectivity index (χ0v) is 11.5. The van der Waals surface area contributed by atoms with Gasteiger partial charge in [-0.25, -0.2) is 0 Å². The average Bonchev–Trinajstić information content (AvgIpc) is 2.90. The van der Waals surface area contributed by atoms with Gasteiger partial charge in [-0.2, -0.15) is 11.3 Å². The van der Waals surface area contributed by atoms with Gasteiger partial charge in [0.1, 0.15) is 0 Å². The van der Waals surface area contributed by atoms with Crippen LogP contribution >= 0.6 is 11.3 Å². The van der Waals surface area contributed by atoms with Crippen molar-refractivity contribution in [2.75, 3.05) is 13.7 Å². The minimum absolute atomic E-state index is 0.683. The minimum Gasteiger partial charge on any atom is -0.380 e. The topological polar surface area (TPSA) is 21.3 Å². The Hall–Kier alpha value is -1.16. The van der Waals surface area contributed by atoms with Gasteiger partial charge in [0.05, 0.1) is 6.61 Å². The van der Waals surface area contributed by atoms with Crippen molar-refractivity contribution in [3.8, 4) is 0 Å². The van der Waals surface area contributed by atoms with E-state index in [0.717, 1.165) is 19.5 Å². The fourth-order valence-corrected chi connectivity index (χ4v) is 2.62. The first kappa shape index (κ1) is 13.3. The van der Waals surface area contributed by atoms with E-state index in [0.29, 0.717) is 6.61 Å². The first-order valence-electron chi connectivity index (χ1n) is 6.17. The van der Waals surface area contributed by atoms with E-state index in [1.165, 1.54) is 16.7 Å². The number of hydrogen-bond donors (Lipinski definition) is 1. The van der Waals surface area contributed by atoms with Crippen molar-refractivity contribution in [2.24, 2.45) is 0 Å². The summed E-state index contributed by atoms with van der Waals surface area (Å²) in [5.41, 5.74) is 4.00. The molecule has 0 saturated carbocycles. The maximum Gasteiger partial charge on any atom is 0.0716 e. The summed E-state index contributed by atoms with van der Waals surface area (Å²) in [6.07, 6.45) is 1.09. The first-order chi connectivity index (χ1) is 8.90. The van der Waals surface area contributed by atoms with Gasteiger partial charge in [-0.15, -0.1) is 0 Å². The SMILES string of the molecule is COCc1ccccc1CNCCc1ccsc1. The van der Waals surface area contributed by atoms with E-state index in [1.54, 1.807) is 18.4 Å². The molecule has 3 heteroatoms. The molecule has 2 rings (SSSR count). The Labute approximate surface area is 113 Å². The van der Waals surface area contributed by atoms with Crippen LogP contribution < -0.4 is 5.32 Å². The summed E-state index contributed by atoms with van der Waals surface area (Å²) in [4.78, 5) is 0. The Balaban J connectivity index is 1.79. The number of ether oxygens (including phenoxy) is 1. The lowest BCUT2D eigenvalue weighted by atomic mass is 10.1. The van der Waals surface area contributed by atoms with Crippen molar-refractivity contribution in [3.05, 3.63) is 57.8 Å². The van der Waals surface area contributed by atoms with Gasteiger partial charge in [0, 0.05) is 13.7 Å². The van der Waals surface area contributed by atoms with Gasteiger partial charge >= 0.3 is 0 Å². The average molecular weight is 261 g/mol.